The zero-order valence-corrected chi connectivity index (χ0v) is 7.20. The number of carbonyl (C=O) groups is 3. The summed E-state index contributed by atoms with van der Waals surface area (Å²) in [6.07, 6.45) is 1.18. The van der Waals surface area contributed by atoms with Crippen LogP contribution >= 0.6 is 0 Å². The molecular weight excluding hydrogens is 186 g/mol. The molecule has 1 N–H and O–H groups in total. The number of nitrogens with one attached hydrogen (secondary N) is 1. The highest BCUT2D eigenvalue weighted by Crippen LogP contribution is 2.11. The van der Waals surface area contributed by atoms with Gasteiger partial charge in [-0.1, -0.05) is 0 Å². The van der Waals surface area contributed by atoms with E-state index in [0.29, 0.717) is 0 Å². The van der Waals surface area contributed by atoms with E-state index < -0.39 is 11.8 Å². The SMILES string of the molecule is CC(=O)c1ncc2c(n1)C(=O)NC2=O. The van der Waals surface area contributed by atoms with E-state index in [1.165, 1.54) is 13.1 Å². The van der Waals surface area contributed by atoms with Gasteiger partial charge in [-0.2, -0.15) is 0 Å². The van der Waals surface area contributed by atoms with Crippen LogP contribution in [0.5, 0.6) is 0 Å². The van der Waals surface area contributed by atoms with Gasteiger partial charge in [-0.3, -0.25) is 19.7 Å². The average molecular weight is 191 g/mol. The summed E-state index contributed by atoms with van der Waals surface area (Å²) in [6, 6.07) is 0. The summed E-state index contributed by atoms with van der Waals surface area (Å²) in [6.45, 7) is 1.29. The summed E-state index contributed by atoms with van der Waals surface area (Å²) in [5, 5.41) is 2.06. The molecule has 0 atom stereocenters. The molecule has 0 bridgehead atoms. The number of imide groups is 1. The first-order valence-corrected chi connectivity index (χ1v) is 3.83. The number of hydrogen-bond acceptors (Lipinski definition) is 5. The summed E-state index contributed by atoms with van der Waals surface area (Å²) in [7, 11) is 0. The minimum absolute atomic E-state index is 0.0322. The fourth-order valence-electron chi connectivity index (χ4n) is 1.12. The smallest absolute Gasteiger partial charge is 0.277 e. The fourth-order valence-corrected chi connectivity index (χ4v) is 1.12. The van der Waals surface area contributed by atoms with Crippen LogP contribution < -0.4 is 5.32 Å². The summed E-state index contributed by atoms with van der Waals surface area (Å²) < 4.78 is 0. The Morgan fingerprint density at radius 1 is 1.36 bits per heavy atom. The molecule has 0 radical (unpaired) electrons. The lowest BCUT2D eigenvalue weighted by Gasteiger charge is -1.95. The second-order valence-electron chi connectivity index (χ2n) is 2.80. The number of ketones is 1. The first kappa shape index (κ1) is 8.49. The van der Waals surface area contributed by atoms with Crippen molar-refractivity contribution in [1.82, 2.24) is 15.3 Å². The fraction of sp³-hybridized carbons (Fsp3) is 0.125. The van der Waals surface area contributed by atoms with Gasteiger partial charge in [0.05, 0.1) is 5.56 Å². The van der Waals surface area contributed by atoms with Crippen molar-refractivity contribution in [2.45, 2.75) is 6.92 Å². The minimum atomic E-state index is -0.588. The van der Waals surface area contributed by atoms with E-state index in [9.17, 15) is 14.4 Å². The third-order valence-corrected chi connectivity index (χ3v) is 1.79. The molecule has 2 amide bonds. The monoisotopic (exact) mass is 191 g/mol. The van der Waals surface area contributed by atoms with E-state index >= 15 is 0 Å². The topological polar surface area (TPSA) is 89.0 Å². The predicted octanol–water partition coefficient (Wildman–Crippen LogP) is -0.437. The number of fused-ring (bicyclic) bond motifs is 1. The van der Waals surface area contributed by atoms with Crippen molar-refractivity contribution in [3.8, 4) is 0 Å². The summed E-state index contributed by atoms with van der Waals surface area (Å²) in [5.74, 6) is -1.52. The Balaban J connectivity index is 2.61. The third-order valence-electron chi connectivity index (χ3n) is 1.79. The van der Waals surface area contributed by atoms with Crippen molar-refractivity contribution in [3.63, 3.8) is 0 Å². The van der Waals surface area contributed by atoms with Crippen LogP contribution in [0.2, 0.25) is 0 Å². The van der Waals surface area contributed by atoms with Gasteiger partial charge in [-0.25, -0.2) is 9.97 Å². The maximum Gasteiger partial charge on any atom is 0.277 e. The van der Waals surface area contributed by atoms with Crippen LogP contribution in [-0.4, -0.2) is 27.6 Å². The molecule has 0 aliphatic carbocycles. The van der Waals surface area contributed by atoms with E-state index in [1.54, 1.807) is 0 Å². The van der Waals surface area contributed by atoms with E-state index in [1.807, 2.05) is 0 Å². The molecule has 0 spiro atoms. The molecule has 0 saturated heterocycles. The number of hydrogen-bond donors (Lipinski definition) is 1. The van der Waals surface area contributed by atoms with Gasteiger partial charge in [0.15, 0.2) is 11.6 Å². The lowest BCUT2D eigenvalue weighted by Crippen LogP contribution is -2.20. The second kappa shape index (κ2) is 2.69. The normalized spacial score (nSPS) is 13.8. The highest BCUT2D eigenvalue weighted by molar-refractivity contribution is 6.20. The molecule has 0 unspecified atom stereocenters. The van der Waals surface area contributed by atoms with E-state index in [4.69, 9.17) is 0 Å². The largest absolute Gasteiger partial charge is 0.291 e. The molecule has 0 saturated carbocycles. The number of amides is 2. The van der Waals surface area contributed by atoms with Crippen LogP contribution in [0, 0.1) is 0 Å². The summed E-state index contributed by atoms with van der Waals surface area (Å²) in [5.41, 5.74) is 0.0789. The van der Waals surface area contributed by atoms with E-state index in [-0.39, 0.29) is 22.9 Å². The van der Waals surface area contributed by atoms with Gasteiger partial charge in [0, 0.05) is 13.1 Å². The number of carbonyl (C=O) groups excluding carboxylic acids is 3. The Kier molecular flexibility index (Phi) is 1.63. The van der Waals surface area contributed by atoms with Gasteiger partial charge in [-0.05, 0) is 0 Å². The lowest BCUT2D eigenvalue weighted by molar-refractivity contribution is 0.0878. The molecule has 2 rings (SSSR count). The Morgan fingerprint density at radius 3 is 2.71 bits per heavy atom. The van der Waals surface area contributed by atoms with Crippen molar-refractivity contribution in [3.05, 3.63) is 23.3 Å². The Hall–Kier alpha value is -2.11. The molecule has 0 fully saturated rings. The number of nitrogens with zero attached hydrogens (tertiary/aromatic N) is 2. The van der Waals surface area contributed by atoms with E-state index in [0.717, 1.165) is 0 Å². The Labute approximate surface area is 78.4 Å². The van der Waals surface area contributed by atoms with Crippen LogP contribution in [0.1, 0.15) is 38.4 Å². The highest BCUT2D eigenvalue weighted by Gasteiger charge is 2.29. The molecule has 14 heavy (non-hydrogen) atoms. The zero-order valence-electron chi connectivity index (χ0n) is 7.20. The average Bonchev–Trinajstić information content (AvgIpc) is 2.42. The molecule has 2 heterocycles. The van der Waals surface area contributed by atoms with Crippen molar-refractivity contribution in [1.29, 1.82) is 0 Å². The first-order valence-electron chi connectivity index (χ1n) is 3.83. The van der Waals surface area contributed by atoms with Gasteiger partial charge in [0.1, 0.15) is 5.69 Å². The Bertz CT molecular complexity index is 467. The zero-order chi connectivity index (χ0) is 10.3. The molecule has 1 aromatic heterocycles. The predicted molar refractivity (Wildman–Crippen MR) is 43.8 cm³/mol. The van der Waals surface area contributed by atoms with Crippen LogP contribution in [0.15, 0.2) is 6.20 Å². The molecule has 1 aromatic rings. The first-order chi connectivity index (χ1) is 6.59. The molecule has 6 heteroatoms. The van der Waals surface area contributed by atoms with Crippen molar-refractivity contribution >= 4 is 17.6 Å². The van der Waals surface area contributed by atoms with Gasteiger partial charge in [0.2, 0.25) is 0 Å². The maximum absolute atomic E-state index is 11.1. The second-order valence-corrected chi connectivity index (χ2v) is 2.80. The van der Waals surface area contributed by atoms with E-state index in [2.05, 4.69) is 15.3 Å². The standard InChI is InChI=1S/C8H5N3O3/c1-3(12)6-9-2-4-5(10-6)8(14)11-7(4)13/h2H,1H3,(H,11,13,14). The number of Topliss-reactive ketones (excluding diaryl/α,β-unsaturated/α-hetero) is 1. The number of aromatic nitrogens is 2. The van der Waals surface area contributed by atoms with Gasteiger partial charge in [0.25, 0.3) is 11.8 Å². The van der Waals surface area contributed by atoms with Crippen LogP contribution in [0.4, 0.5) is 0 Å². The molecular formula is C8H5N3O3. The maximum atomic E-state index is 11.1. The van der Waals surface area contributed by atoms with Crippen LogP contribution in [-0.2, 0) is 0 Å². The summed E-state index contributed by atoms with van der Waals surface area (Å²) >= 11 is 0. The minimum Gasteiger partial charge on any atom is -0.291 e. The molecule has 0 aromatic carbocycles. The van der Waals surface area contributed by atoms with Crippen molar-refractivity contribution in [2.24, 2.45) is 0 Å². The van der Waals surface area contributed by atoms with Crippen molar-refractivity contribution < 1.29 is 14.4 Å². The van der Waals surface area contributed by atoms with Gasteiger partial charge < -0.3 is 0 Å². The molecule has 1 aliphatic rings. The highest BCUT2D eigenvalue weighted by atomic mass is 16.2. The Morgan fingerprint density at radius 2 is 2.07 bits per heavy atom. The molecule has 70 valence electrons. The van der Waals surface area contributed by atoms with Gasteiger partial charge in [-0.15, -0.1) is 0 Å². The van der Waals surface area contributed by atoms with Crippen LogP contribution in [0.25, 0.3) is 0 Å². The van der Waals surface area contributed by atoms with Crippen molar-refractivity contribution in [2.75, 3.05) is 0 Å². The number of rotatable bonds is 1. The third kappa shape index (κ3) is 1.08. The summed E-state index contributed by atoms with van der Waals surface area (Å²) in [4.78, 5) is 40.4. The van der Waals surface area contributed by atoms with Crippen LogP contribution in [0.3, 0.4) is 0 Å². The molecule has 1 aliphatic heterocycles. The quantitative estimate of drug-likeness (QED) is 0.480. The lowest BCUT2D eigenvalue weighted by atomic mass is 10.2. The molecule has 6 nitrogen and oxygen atoms in total. The van der Waals surface area contributed by atoms with Gasteiger partial charge >= 0.3 is 0 Å².